The van der Waals surface area contributed by atoms with Crippen molar-refractivity contribution in [2.45, 2.75) is 12.8 Å². The lowest BCUT2D eigenvalue weighted by Gasteiger charge is -2.03. The van der Waals surface area contributed by atoms with E-state index in [0.717, 1.165) is 12.2 Å². The zero-order valence-electron chi connectivity index (χ0n) is 9.81. The third kappa shape index (κ3) is 4.92. The summed E-state index contributed by atoms with van der Waals surface area (Å²) < 4.78 is 5.07. The van der Waals surface area contributed by atoms with Crippen LogP contribution in [0, 0.1) is 11.3 Å². The number of ether oxygens (including phenoxy) is 1. The molecule has 1 rings (SSSR count). The first kappa shape index (κ1) is 13.6. The molecular weight excluding hydrogens is 234 g/mol. The van der Waals surface area contributed by atoms with Crippen LogP contribution in [0.2, 0.25) is 0 Å². The van der Waals surface area contributed by atoms with Crippen molar-refractivity contribution in [2.24, 2.45) is 0 Å². The molecule has 17 heavy (non-hydrogen) atoms. The van der Waals surface area contributed by atoms with Crippen LogP contribution in [0.15, 0.2) is 24.3 Å². The van der Waals surface area contributed by atoms with Crippen LogP contribution in [0.3, 0.4) is 0 Å². The molecule has 0 atom stereocenters. The molecule has 1 aromatic rings. The molecule has 0 unspecified atom stereocenters. The smallest absolute Gasteiger partial charge is 0.172 e. The minimum Gasteiger partial charge on any atom is -0.497 e. The molecule has 3 nitrogen and oxygen atoms in total. The van der Waals surface area contributed by atoms with Gasteiger partial charge in [0.15, 0.2) is 5.78 Å². The van der Waals surface area contributed by atoms with Crippen molar-refractivity contribution in [3.05, 3.63) is 29.8 Å². The first-order valence-corrected chi connectivity index (χ1v) is 6.55. The summed E-state index contributed by atoms with van der Waals surface area (Å²) in [5.74, 6) is 2.11. The van der Waals surface area contributed by atoms with Crippen LogP contribution >= 0.6 is 11.8 Å². The molecule has 0 spiro atoms. The van der Waals surface area contributed by atoms with Gasteiger partial charge in [0.05, 0.1) is 18.9 Å². The molecule has 0 amide bonds. The van der Waals surface area contributed by atoms with Gasteiger partial charge in [-0.2, -0.15) is 17.0 Å². The highest BCUT2D eigenvalue weighted by Crippen LogP contribution is 2.15. The number of hydrogen-bond acceptors (Lipinski definition) is 4. The number of carbonyl (C=O) groups excluding carboxylic acids is 1. The third-order valence-electron chi connectivity index (χ3n) is 2.20. The molecule has 90 valence electrons. The van der Waals surface area contributed by atoms with Crippen LogP contribution in [-0.4, -0.2) is 24.4 Å². The maximum absolute atomic E-state index is 11.8. The normalized spacial score (nSPS) is 9.65. The van der Waals surface area contributed by atoms with Crippen LogP contribution in [0.4, 0.5) is 0 Å². The maximum Gasteiger partial charge on any atom is 0.172 e. The fourth-order valence-corrected chi connectivity index (χ4v) is 2.14. The van der Waals surface area contributed by atoms with E-state index in [1.54, 1.807) is 31.0 Å². The number of benzene rings is 1. The average Bonchev–Trinajstić information content (AvgIpc) is 2.38. The Kier molecular flexibility index (Phi) is 6.19. The highest BCUT2D eigenvalue weighted by atomic mass is 32.2. The summed E-state index contributed by atoms with van der Waals surface area (Å²) in [6, 6.07) is 9.26. The molecule has 0 aliphatic rings. The maximum atomic E-state index is 11.8. The number of carbonyl (C=O) groups is 1. The molecule has 4 heteroatoms. The number of Topliss-reactive ketones (excluding diaryl/α,β-unsaturated/α-hetero) is 1. The number of methoxy groups -OCH3 is 1. The number of nitrogens with zero attached hydrogens (tertiary/aromatic N) is 1. The predicted molar refractivity (Wildman–Crippen MR) is 69.5 cm³/mol. The van der Waals surface area contributed by atoms with Gasteiger partial charge in [-0.15, -0.1) is 0 Å². The van der Waals surface area contributed by atoms with Crippen LogP contribution in [-0.2, 0) is 0 Å². The van der Waals surface area contributed by atoms with E-state index >= 15 is 0 Å². The first-order valence-electron chi connectivity index (χ1n) is 5.40. The largest absolute Gasteiger partial charge is 0.497 e. The van der Waals surface area contributed by atoms with Crippen molar-refractivity contribution in [2.75, 3.05) is 18.6 Å². The van der Waals surface area contributed by atoms with Crippen molar-refractivity contribution in [1.29, 1.82) is 5.26 Å². The molecule has 0 aromatic heterocycles. The van der Waals surface area contributed by atoms with Crippen LogP contribution in [0.5, 0.6) is 5.75 Å². The van der Waals surface area contributed by atoms with Gasteiger partial charge in [-0.25, -0.2) is 0 Å². The van der Waals surface area contributed by atoms with Gasteiger partial charge in [-0.3, -0.25) is 4.79 Å². The van der Waals surface area contributed by atoms with E-state index in [1.165, 1.54) is 0 Å². The van der Waals surface area contributed by atoms with E-state index in [9.17, 15) is 4.79 Å². The van der Waals surface area contributed by atoms with Gasteiger partial charge in [0.1, 0.15) is 5.75 Å². The number of rotatable bonds is 7. The summed E-state index contributed by atoms with van der Waals surface area (Å²) in [5, 5.41) is 8.37. The molecular formula is C13H15NO2S. The Hall–Kier alpha value is -1.47. The molecule has 0 bridgehead atoms. The summed E-state index contributed by atoms with van der Waals surface area (Å²) in [5.41, 5.74) is 0.678. The summed E-state index contributed by atoms with van der Waals surface area (Å²) >= 11 is 1.57. The highest BCUT2D eigenvalue weighted by Gasteiger charge is 2.06. The van der Waals surface area contributed by atoms with Crippen LogP contribution < -0.4 is 4.74 Å². The molecule has 0 radical (unpaired) electrons. The van der Waals surface area contributed by atoms with E-state index in [-0.39, 0.29) is 5.78 Å². The molecule has 0 heterocycles. The van der Waals surface area contributed by atoms with Crippen molar-refractivity contribution in [3.8, 4) is 11.8 Å². The fourth-order valence-electron chi connectivity index (χ4n) is 1.30. The Labute approximate surface area is 106 Å². The van der Waals surface area contributed by atoms with Gasteiger partial charge in [0.2, 0.25) is 0 Å². The standard InChI is InChI=1S/C13H15NO2S/c1-16-12-6-4-5-11(9-12)13(15)10-17-8-3-2-7-14/h4-6,9H,2-3,8,10H2,1H3. The van der Waals surface area contributed by atoms with Crippen molar-refractivity contribution >= 4 is 17.5 Å². The van der Waals surface area contributed by atoms with Crippen molar-refractivity contribution in [1.82, 2.24) is 0 Å². The molecule has 0 saturated carbocycles. The lowest BCUT2D eigenvalue weighted by molar-refractivity contribution is 0.102. The van der Waals surface area contributed by atoms with E-state index in [0.29, 0.717) is 23.5 Å². The molecule has 1 aromatic carbocycles. The molecule has 0 saturated heterocycles. The second-order valence-corrected chi connectivity index (χ2v) is 4.57. The zero-order chi connectivity index (χ0) is 12.5. The highest BCUT2D eigenvalue weighted by molar-refractivity contribution is 7.99. The topological polar surface area (TPSA) is 50.1 Å². The first-order chi connectivity index (χ1) is 8.27. The number of ketones is 1. The Morgan fingerprint density at radius 2 is 2.35 bits per heavy atom. The van der Waals surface area contributed by atoms with Gasteiger partial charge in [0, 0.05) is 12.0 Å². The van der Waals surface area contributed by atoms with Crippen molar-refractivity contribution < 1.29 is 9.53 Å². The Bertz CT molecular complexity index is 412. The van der Waals surface area contributed by atoms with Gasteiger partial charge >= 0.3 is 0 Å². The molecule has 0 fully saturated rings. The lowest BCUT2D eigenvalue weighted by Crippen LogP contribution is -2.03. The molecule has 0 N–H and O–H groups in total. The van der Waals surface area contributed by atoms with Crippen LogP contribution in [0.25, 0.3) is 0 Å². The summed E-state index contributed by atoms with van der Waals surface area (Å²) in [6.07, 6.45) is 1.40. The van der Waals surface area contributed by atoms with E-state index < -0.39 is 0 Å². The van der Waals surface area contributed by atoms with Crippen LogP contribution in [0.1, 0.15) is 23.2 Å². The number of thioether (sulfide) groups is 1. The van der Waals surface area contributed by atoms with Gasteiger partial charge in [-0.1, -0.05) is 12.1 Å². The second kappa shape index (κ2) is 7.75. The average molecular weight is 249 g/mol. The van der Waals surface area contributed by atoms with Crippen molar-refractivity contribution in [3.63, 3.8) is 0 Å². The third-order valence-corrected chi connectivity index (χ3v) is 3.25. The Balaban J connectivity index is 2.39. The summed E-state index contributed by atoms with van der Waals surface area (Å²) in [6.45, 7) is 0. The SMILES string of the molecule is COc1cccc(C(=O)CSCCCC#N)c1. The fraction of sp³-hybridized carbons (Fsp3) is 0.385. The minimum atomic E-state index is 0.103. The number of hydrogen-bond donors (Lipinski definition) is 0. The minimum absolute atomic E-state index is 0.103. The Morgan fingerprint density at radius 3 is 3.06 bits per heavy atom. The van der Waals surface area contributed by atoms with Gasteiger partial charge in [-0.05, 0) is 24.3 Å². The summed E-state index contributed by atoms with van der Waals surface area (Å²) in [7, 11) is 1.58. The predicted octanol–water partition coefficient (Wildman–Crippen LogP) is 2.91. The Morgan fingerprint density at radius 1 is 1.53 bits per heavy atom. The lowest BCUT2D eigenvalue weighted by atomic mass is 10.1. The van der Waals surface area contributed by atoms with E-state index in [1.807, 2.05) is 12.1 Å². The van der Waals surface area contributed by atoms with E-state index in [2.05, 4.69) is 6.07 Å². The summed E-state index contributed by atoms with van der Waals surface area (Å²) in [4.78, 5) is 11.8. The number of nitriles is 1. The quantitative estimate of drug-likeness (QED) is 0.550. The molecule has 0 aliphatic heterocycles. The second-order valence-electron chi connectivity index (χ2n) is 3.47. The van der Waals surface area contributed by atoms with E-state index in [4.69, 9.17) is 10.00 Å². The van der Waals surface area contributed by atoms with Gasteiger partial charge in [0.25, 0.3) is 0 Å². The monoisotopic (exact) mass is 249 g/mol. The van der Waals surface area contributed by atoms with Gasteiger partial charge < -0.3 is 4.74 Å². The number of unbranched alkanes of at least 4 members (excludes halogenated alkanes) is 1. The molecule has 0 aliphatic carbocycles. The zero-order valence-corrected chi connectivity index (χ0v) is 10.6.